The molecular formula is C16H21F3N2O2. The van der Waals surface area contributed by atoms with Crippen molar-refractivity contribution in [1.29, 1.82) is 0 Å². The molecule has 128 valence electrons. The predicted octanol–water partition coefficient (Wildman–Crippen LogP) is 5.46. The van der Waals surface area contributed by atoms with Crippen LogP contribution in [0, 0.1) is 10.1 Å². The summed E-state index contributed by atoms with van der Waals surface area (Å²) in [6.45, 7) is 2.07. The number of non-ortho nitro benzene ring substituents is 1. The van der Waals surface area contributed by atoms with Crippen molar-refractivity contribution in [1.82, 2.24) is 0 Å². The van der Waals surface area contributed by atoms with Crippen LogP contribution in [-0.4, -0.2) is 17.1 Å². The van der Waals surface area contributed by atoms with Crippen LogP contribution < -0.4 is 5.32 Å². The number of nitrogens with zero attached hydrogens (tertiary/aromatic N) is 1. The molecule has 0 saturated carbocycles. The number of rotatable bonds is 9. The molecule has 1 aromatic rings. The fourth-order valence-corrected chi connectivity index (χ4v) is 2.13. The van der Waals surface area contributed by atoms with E-state index in [1.165, 1.54) is 24.3 Å². The van der Waals surface area contributed by atoms with Gasteiger partial charge in [-0.15, -0.1) is 0 Å². The summed E-state index contributed by atoms with van der Waals surface area (Å²) in [4.78, 5) is 10.1. The standard InChI is InChI=1S/C16H21F3N2O2/c1-2-3-4-5-6-13(11-12-16(17,18)19)20-14-7-9-15(10-8-14)21(22)23/h7-13,20H,2-6H2,1H3/b12-11+. The third kappa shape index (κ3) is 8.23. The first kappa shape index (κ1) is 19.0. The zero-order valence-corrected chi connectivity index (χ0v) is 13.0. The van der Waals surface area contributed by atoms with Crippen molar-refractivity contribution < 1.29 is 18.1 Å². The summed E-state index contributed by atoms with van der Waals surface area (Å²) in [5.41, 5.74) is 0.504. The molecule has 0 aliphatic rings. The van der Waals surface area contributed by atoms with Gasteiger partial charge in [-0.25, -0.2) is 0 Å². The van der Waals surface area contributed by atoms with Gasteiger partial charge in [0.25, 0.3) is 5.69 Å². The smallest absolute Gasteiger partial charge is 0.379 e. The van der Waals surface area contributed by atoms with Crippen molar-refractivity contribution in [2.45, 2.75) is 51.2 Å². The molecule has 0 fully saturated rings. The zero-order valence-electron chi connectivity index (χ0n) is 13.0. The number of anilines is 1. The molecule has 7 heteroatoms. The Hall–Kier alpha value is -2.05. The van der Waals surface area contributed by atoms with Crippen LogP contribution in [0.2, 0.25) is 0 Å². The first-order valence-electron chi connectivity index (χ1n) is 7.59. The minimum Gasteiger partial charge on any atom is -0.379 e. The molecule has 1 rings (SSSR count). The molecule has 0 saturated heterocycles. The van der Waals surface area contributed by atoms with Crippen LogP contribution in [0.5, 0.6) is 0 Å². The van der Waals surface area contributed by atoms with Gasteiger partial charge in [0.15, 0.2) is 0 Å². The van der Waals surface area contributed by atoms with E-state index in [0.717, 1.165) is 31.8 Å². The maximum absolute atomic E-state index is 12.3. The van der Waals surface area contributed by atoms with Crippen molar-refractivity contribution in [3.63, 3.8) is 0 Å². The second kappa shape index (κ2) is 9.17. The van der Waals surface area contributed by atoms with E-state index in [0.29, 0.717) is 12.1 Å². The lowest BCUT2D eigenvalue weighted by Crippen LogP contribution is -2.18. The van der Waals surface area contributed by atoms with E-state index in [4.69, 9.17) is 0 Å². The van der Waals surface area contributed by atoms with Crippen LogP contribution in [0.25, 0.3) is 0 Å². The molecule has 1 atom stereocenters. The highest BCUT2D eigenvalue weighted by Gasteiger charge is 2.22. The van der Waals surface area contributed by atoms with Crippen LogP contribution in [0.3, 0.4) is 0 Å². The van der Waals surface area contributed by atoms with Crippen LogP contribution in [0.15, 0.2) is 36.4 Å². The largest absolute Gasteiger partial charge is 0.409 e. The molecule has 1 N–H and O–H groups in total. The minimum atomic E-state index is -4.35. The summed E-state index contributed by atoms with van der Waals surface area (Å²) in [5.74, 6) is 0. The number of benzene rings is 1. The van der Waals surface area contributed by atoms with Gasteiger partial charge in [0.1, 0.15) is 0 Å². The quantitative estimate of drug-likeness (QED) is 0.283. The topological polar surface area (TPSA) is 55.2 Å². The predicted molar refractivity (Wildman–Crippen MR) is 84.5 cm³/mol. The summed E-state index contributed by atoms with van der Waals surface area (Å²) in [6, 6.07) is 5.18. The molecule has 1 aromatic carbocycles. The molecule has 1 unspecified atom stereocenters. The third-order valence-corrected chi connectivity index (χ3v) is 3.32. The van der Waals surface area contributed by atoms with E-state index >= 15 is 0 Å². The maximum atomic E-state index is 12.3. The van der Waals surface area contributed by atoms with Gasteiger partial charge in [0, 0.05) is 29.9 Å². The van der Waals surface area contributed by atoms with Crippen LogP contribution in [-0.2, 0) is 0 Å². The van der Waals surface area contributed by atoms with Gasteiger partial charge in [0.2, 0.25) is 0 Å². The Kier molecular flexibility index (Phi) is 7.57. The fourth-order valence-electron chi connectivity index (χ4n) is 2.13. The number of hydrogen-bond donors (Lipinski definition) is 1. The number of nitrogens with one attached hydrogen (secondary N) is 1. The summed E-state index contributed by atoms with van der Waals surface area (Å²) in [7, 11) is 0. The van der Waals surface area contributed by atoms with Gasteiger partial charge < -0.3 is 5.32 Å². The monoisotopic (exact) mass is 330 g/mol. The number of alkyl halides is 3. The molecule has 0 bridgehead atoms. The summed E-state index contributed by atoms with van der Waals surface area (Å²) in [5, 5.41) is 13.6. The van der Waals surface area contributed by atoms with E-state index in [1.54, 1.807) is 0 Å². The second-order valence-corrected chi connectivity index (χ2v) is 5.30. The van der Waals surface area contributed by atoms with Crippen molar-refractivity contribution in [2.24, 2.45) is 0 Å². The number of halogens is 3. The van der Waals surface area contributed by atoms with Gasteiger partial charge in [-0.2, -0.15) is 13.2 Å². The fraction of sp³-hybridized carbons (Fsp3) is 0.500. The molecule has 0 aliphatic carbocycles. The van der Waals surface area contributed by atoms with E-state index in [1.807, 2.05) is 0 Å². The van der Waals surface area contributed by atoms with Gasteiger partial charge in [-0.3, -0.25) is 10.1 Å². The van der Waals surface area contributed by atoms with E-state index in [2.05, 4.69) is 12.2 Å². The van der Waals surface area contributed by atoms with Crippen LogP contribution in [0.1, 0.15) is 39.0 Å². The zero-order chi connectivity index (χ0) is 17.3. The number of nitro groups is 1. The Labute approximate surface area is 133 Å². The van der Waals surface area contributed by atoms with Gasteiger partial charge in [0.05, 0.1) is 4.92 Å². The van der Waals surface area contributed by atoms with Gasteiger partial charge in [-0.1, -0.05) is 38.7 Å². The van der Waals surface area contributed by atoms with Crippen molar-refractivity contribution >= 4 is 11.4 Å². The summed E-state index contributed by atoms with van der Waals surface area (Å²) < 4.78 is 37.0. The van der Waals surface area contributed by atoms with Crippen molar-refractivity contribution in [2.75, 3.05) is 5.32 Å². The van der Waals surface area contributed by atoms with E-state index in [9.17, 15) is 23.3 Å². The van der Waals surface area contributed by atoms with Crippen LogP contribution in [0.4, 0.5) is 24.5 Å². The number of unbranched alkanes of at least 4 members (excludes halogenated alkanes) is 3. The van der Waals surface area contributed by atoms with E-state index < -0.39 is 17.1 Å². The van der Waals surface area contributed by atoms with Crippen molar-refractivity contribution in [3.8, 4) is 0 Å². The highest BCUT2D eigenvalue weighted by molar-refractivity contribution is 5.49. The summed E-state index contributed by atoms with van der Waals surface area (Å²) >= 11 is 0. The van der Waals surface area contributed by atoms with Crippen molar-refractivity contribution in [3.05, 3.63) is 46.5 Å². The molecule has 0 aromatic heterocycles. The third-order valence-electron chi connectivity index (χ3n) is 3.32. The van der Waals surface area contributed by atoms with Gasteiger partial charge >= 0.3 is 6.18 Å². The number of allylic oxidation sites excluding steroid dienone is 1. The average Bonchev–Trinajstić information content (AvgIpc) is 2.48. The maximum Gasteiger partial charge on any atom is 0.409 e. The normalized spacial score (nSPS) is 13.2. The Bertz CT molecular complexity index is 513. The highest BCUT2D eigenvalue weighted by Crippen LogP contribution is 2.21. The molecule has 0 amide bonds. The highest BCUT2D eigenvalue weighted by atomic mass is 19.4. The Morgan fingerprint density at radius 1 is 1.22 bits per heavy atom. The lowest BCUT2D eigenvalue weighted by molar-refractivity contribution is -0.384. The average molecular weight is 330 g/mol. The van der Waals surface area contributed by atoms with Crippen LogP contribution >= 0.6 is 0 Å². The molecule has 0 heterocycles. The molecule has 4 nitrogen and oxygen atoms in total. The lowest BCUT2D eigenvalue weighted by atomic mass is 10.1. The second-order valence-electron chi connectivity index (χ2n) is 5.30. The molecule has 0 spiro atoms. The van der Waals surface area contributed by atoms with E-state index in [-0.39, 0.29) is 11.8 Å². The van der Waals surface area contributed by atoms with Gasteiger partial charge in [-0.05, 0) is 18.6 Å². The summed E-state index contributed by atoms with van der Waals surface area (Å²) in [6.07, 6.45) is 1.45. The Morgan fingerprint density at radius 3 is 2.39 bits per heavy atom. The molecular weight excluding hydrogens is 309 g/mol. The molecule has 0 radical (unpaired) electrons. The number of hydrogen-bond acceptors (Lipinski definition) is 3. The Morgan fingerprint density at radius 2 is 1.87 bits per heavy atom. The molecule has 23 heavy (non-hydrogen) atoms. The first-order valence-corrected chi connectivity index (χ1v) is 7.59. The molecule has 0 aliphatic heterocycles. The Balaban J connectivity index is 2.70. The lowest BCUT2D eigenvalue weighted by Gasteiger charge is -2.17. The first-order chi connectivity index (χ1) is 10.8. The number of nitro benzene ring substituents is 1. The SMILES string of the molecule is CCCCCCC(/C=C/C(F)(F)F)Nc1ccc([N+](=O)[O-])cc1. The minimum absolute atomic E-state index is 0.0547.